The lowest BCUT2D eigenvalue weighted by Crippen LogP contribution is -2.45. The first kappa shape index (κ1) is 22.0. The molecular formula is C21H23ClN6O4. The summed E-state index contributed by atoms with van der Waals surface area (Å²) in [4.78, 5) is 17.3. The van der Waals surface area contributed by atoms with Crippen LogP contribution in [-0.2, 0) is 0 Å². The molecule has 3 heterocycles. The summed E-state index contributed by atoms with van der Waals surface area (Å²) in [6.07, 6.45) is 6.40. The van der Waals surface area contributed by atoms with Crippen LogP contribution >= 0.6 is 11.6 Å². The normalized spacial score (nSPS) is 17.8. The maximum atomic E-state index is 13.1. The molecule has 0 saturated heterocycles. The topological polar surface area (TPSA) is 124 Å². The zero-order valence-corrected chi connectivity index (χ0v) is 18.2. The third-order valence-electron chi connectivity index (χ3n) is 5.04. The van der Waals surface area contributed by atoms with Crippen molar-refractivity contribution in [1.82, 2.24) is 30.3 Å². The fourth-order valence-electron chi connectivity index (χ4n) is 3.48. The van der Waals surface area contributed by atoms with E-state index in [4.69, 9.17) is 16.3 Å². The Morgan fingerprint density at radius 1 is 1.44 bits per heavy atom. The average Bonchev–Trinajstić information content (AvgIpc) is 3.37. The molecule has 1 unspecified atom stereocenters. The summed E-state index contributed by atoms with van der Waals surface area (Å²) in [5.41, 5.74) is 3.78. The fraction of sp³-hybridized carbons (Fsp3) is 0.286. The van der Waals surface area contributed by atoms with Crippen molar-refractivity contribution >= 4 is 23.2 Å². The van der Waals surface area contributed by atoms with Crippen LogP contribution < -0.4 is 15.5 Å². The highest BCUT2D eigenvalue weighted by molar-refractivity contribution is 6.30. The van der Waals surface area contributed by atoms with E-state index >= 15 is 0 Å². The number of benzene rings is 1. The van der Waals surface area contributed by atoms with Gasteiger partial charge in [0.15, 0.2) is 5.65 Å². The molecule has 1 aromatic carbocycles. The lowest BCUT2D eigenvalue weighted by molar-refractivity contribution is -0.0244. The Labute approximate surface area is 189 Å². The number of carbonyl (C=O) groups excluding carboxylic acids is 1. The number of ether oxygens (including phenoxy) is 1. The summed E-state index contributed by atoms with van der Waals surface area (Å²) in [5.74, 6) is 0.175. The smallest absolute Gasteiger partial charge is 0.261 e. The minimum absolute atomic E-state index is 0.0700. The second-order valence-electron chi connectivity index (χ2n) is 7.72. The monoisotopic (exact) mass is 458 g/mol. The summed E-state index contributed by atoms with van der Waals surface area (Å²) in [6, 6.07) is 6.37. The SMILES string of the molecule is COc1ccc(Cl)cc1C1NN(C[C@@](C)(O)CO)C=C1NC(=O)c1cnn2cccnc12. The summed E-state index contributed by atoms with van der Waals surface area (Å²) in [5, 5.41) is 28.9. The molecule has 3 aromatic rings. The van der Waals surface area contributed by atoms with Gasteiger partial charge in [-0.1, -0.05) is 11.6 Å². The molecule has 0 spiro atoms. The van der Waals surface area contributed by atoms with Gasteiger partial charge in [0.05, 0.1) is 38.2 Å². The number of methoxy groups -OCH3 is 1. The molecule has 168 valence electrons. The molecule has 0 aliphatic carbocycles. The zero-order valence-electron chi connectivity index (χ0n) is 17.5. The molecular weight excluding hydrogens is 436 g/mol. The number of nitrogens with zero attached hydrogens (tertiary/aromatic N) is 4. The molecule has 11 heteroatoms. The molecule has 0 fully saturated rings. The molecule has 4 rings (SSSR count). The number of hydrogen-bond acceptors (Lipinski definition) is 8. The van der Waals surface area contributed by atoms with Crippen molar-refractivity contribution in [2.24, 2.45) is 0 Å². The summed E-state index contributed by atoms with van der Waals surface area (Å²) in [6.45, 7) is 1.15. The van der Waals surface area contributed by atoms with Gasteiger partial charge in [-0.05, 0) is 31.2 Å². The van der Waals surface area contributed by atoms with E-state index in [0.29, 0.717) is 33.2 Å². The van der Waals surface area contributed by atoms with Crippen LogP contribution in [0.15, 0.2) is 54.8 Å². The van der Waals surface area contributed by atoms with Gasteiger partial charge < -0.3 is 25.3 Å². The van der Waals surface area contributed by atoms with Crippen LogP contribution in [-0.4, -0.2) is 61.6 Å². The molecule has 1 aliphatic rings. The van der Waals surface area contributed by atoms with Gasteiger partial charge in [0.25, 0.3) is 5.91 Å². The fourth-order valence-corrected chi connectivity index (χ4v) is 3.66. The molecule has 1 amide bonds. The number of fused-ring (bicyclic) bond motifs is 1. The minimum Gasteiger partial charge on any atom is -0.496 e. The number of amides is 1. The first-order chi connectivity index (χ1) is 15.3. The first-order valence-electron chi connectivity index (χ1n) is 9.82. The lowest BCUT2D eigenvalue weighted by atomic mass is 10.0. The van der Waals surface area contributed by atoms with Crippen LogP contribution in [0.5, 0.6) is 5.75 Å². The van der Waals surface area contributed by atoms with E-state index in [1.807, 2.05) is 0 Å². The quantitative estimate of drug-likeness (QED) is 0.417. The minimum atomic E-state index is -1.36. The summed E-state index contributed by atoms with van der Waals surface area (Å²) < 4.78 is 7.00. The second-order valence-corrected chi connectivity index (χ2v) is 8.15. The van der Waals surface area contributed by atoms with Crippen molar-refractivity contribution in [2.75, 3.05) is 20.3 Å². The van der Waals surface area contributed by atoms with E-state index < -0.39 is 24.2 Å². The molecule has 1 aliphatic heterocycles. The van der Waals surface area contributed by atoms with Gasteiger partial charge in [-0.3, -0.25) is 4.79 Å². The van der Waals surface area contributed by atoms with Crippen molar-refractivity contribution in [3.63, 3.8) is 0 Å². The molecule has 0 saturated carbocycles. The highest BCUT2D eigenvalue weighted by Crippen LogP contribution is 2.35. The number of hydrogen-bond donors (Lipinski definition) is 4. The number of rotatable bonds is 7. The molecule has 4 N–H and O–H groups in total. The number of hydrazine groups is 1. The number of aliphatic hydroxyl groups is 2. The van der Waals surface area contributed by atoms with Gasteiger partial charge in [0.2, 0.25) is 0 Å². The molecule has 10 nitrogen and oxygen atoms in total. The molecule has 32 heavy (non-hydrogen) atoms. The van der Waals surface area contributed by atoms with Gasteiger partial charge in [0.1, 0.15) is 16.9 Å². The molecule has 2 atom stereocenters. The van der Waals surface area contributed by atoms with Crippen LogP contribution in [0, 0.1) is 0 Å². The molecule has 2 aromatic heterocycles. The van der Waals surface area contributed by atoms with E-state index in [2.05, 4.69) is 20.8 Å². The van der Waals surface area contributed by atoms with E-state index in [9.17, 15) is 15.0 Å². The van der Waals surface area contributed by atoms with E-state index in [1.165, 1.54) is 17.6 Å². The number of β-amino-alcohol motifs (C(OH)–C–C–N with tert-alkyl or cyclic N) is 1. The van der Waals surface area contributed by atoms with Crippen molar-refractivity contribution in [3.8, 4) is 5.75 Å². The largest absolute Gasteiger partial charge is 0.496 e. The van der Waals surface area contributed by atoms with Gasteiger partial charge in [-0.15, -0.1) is 0 Å². The maximum absolute atomic E-state index is 13.1. The number of halogens is 1. The lowest BCUT2D eigenvalue weighted by Gasteiger charge is -2.28. The van der Waals surface area contributed by atoms with Crippen LogP contribution in [0.1, 0.15) is 28.9 Å². The molecule has 0 radical (unpaired) electrons. The standard InChI is InChI=1S/C21H23ClN6O4/c1-21(31,12-29)11-27-10-16(18(26-27)14-8-13(22)4-5-17(14)32-2)25-20(30)15-9-24-28-7-3-6-23-19(15)28/h3-10,18,26,29,31H,11-12H2,1-2H3,(H,25,30)/t18?,21-/m1/s1. The van der Waals surface area contributed by atoms with Crippen LogP contribution in [0.25, 0.3) is 5.65 Å². The van der Waals surface area contributed by atoms with Gasteiger partial charge >= 0.3 is 0 Å². The van der Waals surface area contributed by atoms with Crippen molar-refractivity contribution in [3.05, 3.63) is 70.9 Å². The maximum Gasteiger partial charge on any atom is 0.261 e. The zero-order chi connectivity index (χ0) is 22.9. The van der Waals surface area contributed by atoms with Gasteiger partial charge in [-0.2, -0.15) is 5.10 Å². The predicted molar refractivity (Wildman–Crippen MR) is 117 cm³/mol. The van der Waals surface area contributed by atoms with Gasteiger partial charge in [0, 0.05) is 29.2 Å². The number of aromatic nitrogens is 3. The van der Waals surface area contributed by atoms with Crippen LogP contribution in [0.3, 0.4) is 0 Å². The second kappa shape index (κ2) is 8.75. The number of carbonyl (C=O) groups is 1. The summed E-state index contributed by atoms with van der Waals surface area (Å²) >= 11 is 6.22. The Kier molecular flexibility index (Phi) is 6.02. The Balaban J connectivity index is 1.67. The van der Waals surface area contributed by atoms with E-state index in [1.54, 1.807) is 55.0 Å². The third kappa shape index (κ3) is 4.39. The highest BCUT2D eigenvalue weighted by atomic mass is 35.5. The Hall–Kier alpha value is -3.18. The van der Waals surface area contributed by atoms with Gasteiger partial charge in [-0.25, -0.2) is 14.9 Å². The highest BCUT2D eigenvalue weighted by Gasteiger charge is 2.33. The van der Waals surface area contributed by atoms with Crippen molar-refractivity contribution < 1.29 is 19.7 Å². The predicted octanol–water partition coefficient (Wildman–Crippen LogP) is 1.27. The Morgan fingerprint density at radius 2 is 2.25 bits per heavy atom. The Bertz CT molecular complexity index is 1180. The van der Waals surface area contributed by atoms with E-state index in [0.717, 1.165) is 0 Å². The number of aliphatic hydroxyl groups excluding tert-OH is 1. The Morgan fingerprint density at radius 3 is 3.00 bits per heavy atom. The number of nitrogens with one attached hydrogen (secondary N) is 2. The van der Waals surface area contributed by atoms with Crippen LogP contribution in [0.2, 0.25) is 5.02 Å². The molecule has 0 bridgehead atoms. The first-order valence-corrected chi connectivity index (χ1v) is 10.2. The van der Waals surface area contributed by atoms with E-state index in [-0.39, 0.29) is 6.54 Å². The third-order valence-corrected chi connectivity index (χ3v) is 5.27. The van der Waals surface area contributed by atoms with Crippen LogP contribution in [0.4, 0.5) is 0 Å². The summed E-state index contributed by atoms with van der Waals surface area (Å²) in [7, 11) is 1.54. The van der Waals surface area contributed by atoms with Crippen molar-refractivity contribution in [2.45, 2.75) is 18.6 Å². The van der Waals surface area contributed by atoms with Crippen molar-refractivity contribution in [1.29, 1.82) is 0 Å². The average molecular weight is 459 g/mol.